The smallest absolute Gasteiger partial charge is 0.384 e. The molecule has 0 unspecified atom stereocenters. The van der Waals surface area contributed by atoms with Gasteiger partial charge in [0.2, 0.25) is 0 Å². The number of amides is 2. The number of alkyl halides is 3. The summed E-state index contributed by atoms with van der Waals surface area (Å²) in [4.78, 5) is 35.6. The number of benzene rings is 1. The molecule has 10 heteroatoms. The van der Waals surface area contributed by atoms with Crippen LogP contribution in [0.4, 0.5) is 19.0 Å². The van der Waals surface area contributed by atoms with Crippen LogP contribution in [0, 0.1) is 0 Å². The molecule has 24 heavy (non-hydrogen) atoms. The number of anilines is 1. The number of carbonyl (C=O) groups is 2. The van der Waals surface area contributed by atoms with Gasteiger partial charge in [-0.25, -0.2) is 0 Å². The lowest BCUT2D eigenvalue weighted by Gasteiger charge is -2.17. The van der Waals surface area contributed by atoms with Gasteiger partial charge in [-0.2, -0.15) is 13.2 Å². The summed E-state index contributed by atoms with van der Waals surface area (Å²) in [5, 5.41) is 1.94. The molecule has 0 saturated heterocycles. The average Bonchev–Trinajstić information content (AvgIpc) is 2.74. The molecular formula is C14H7BrF3N3O3. The van der Waals surface area contributed by atoms with Crippen LogP contribution < -0.4 is 16.6 Å². The number of halogens is 4. The number of fused-ring (bicyclic) bond motifs is 1. The van der Waals surface area contributed by atoms with Gasteiger partial charge >= 0.3 is 6.18 Å². The van der Waals surface area contributed by atoms with Crippen LogP contribution in [0.2, 0.25) is 0 Å². The van der Waals surface area contributed by atoms with E-state index in [0.717, 1.165) is 18.2 Å². The van der Waals surface area contributed by atoms with Gasteiger partial charge in [-0.3, -0.25) is 24.3 Å². The van der Waals surface area contributed by atoms with Crippen molar-refractivity contribution in [3.8, 4) is 5.69 Å². The Morgan fingerprint density at radius 3 is 2.38 bits per heavy atom. The number of imide groups is 1. The molecule has 124 valence electrons. The largest absolute Gasteiger partial charge is 0.418 e. The highest BCUT2D eigenvalue weighted by atomic mass is 79.9. The third-order valence-corrected chi connectivity index (χ3v) is 3.95. The fourth-order valence-electron chi connectivity index (χ4n) is 2.46. The fourth-order valence-corrected chi connectivity index (χ4v) is 2.82. The fraction of sp³-hybridized carbons (Fsp3) is 0.0714. The number of nitrogen functional groups attached to an aromatic ring is 1. The van der Waals surface area contributed by atoms with Crippen LogP contribution in [0.15, 0.2) is 33.5 Å². The molecule has 3 rings (SSSR count). The van der Waals surface area contributed by atoms with Gasteiger partial charge in [0.25, 0.3) is 17.4 Å². The summed E-state index contributed by atoms with van der Waals surface area (Å²) in [6.07, 6.45) is -4.76. The maximum absolute atomic E-state index is 13.3. The Balaban J connectivity index is 2.38. The molecule has 0 bridgehead atoms. The summed E-state index contributed by atoms with van der Waals surface area (Å²) in [7, 11) is 0. The van der Waals surface area contributed by atoms with Crippen LogP contribution in [0.1, 0.15) is 26.3 Å². The van der Waals surface area contributed by atoms with Crippen LogP contribution >= 0.6 is 15.9 Å². The predicted molar refractivity (Wildman–Crippen MR) is 81.0 cm³/mol. The maximum atomic E-state index is 13.3. The Morgan fingerprint density at radius 1 is 1.08 bits per heavy atom. The van der Waals surface area contributed by atoms with Crippen LogP contribution in [-0.4, -0.2) is 16.4 Å². The van der Waals surface area contributed by atoms with E-state index < -0.39 is 40.6 Å². The number of pyridine rings is 1. The van der Waals surface area contributed by atoms with Crippen molar-refractivity contribution in [1.82, 2.24) is 9.88 Å². The quantitative estimate of drug-likeness (QED) is 0.715. The molecular weight excluding hydrogens is 395 g/mol. The van der Waals surface area contributed by atoms with E-state index >= 15 is 0 Å². The molecule has 0 aliphatic carbocycles. The first-order valence-corrected chi connectivity index (χ1v) is 7.19. The summed E-state index contributed by atoms with van der Waals surface area (Å²) in [5.74, 6) is -2.22. The van der Waals surface area contributed by atoms with Gasteiger partial charge < -0.3 is 5.73 Å². The minimum Gasteiger partial charge on any atom is -0.384 e. The first-order valence-electron chi connectivity index (χ1n) is 6.39. The Labute approximate surface area is 140 Å². The van der Waals surface area contributed by atoms with E-state index in [9.17, 15) is 27.6 Å². The zero-order valence-corrected chi connectivity index (χ0v) is 13.2. The van der Waals surface area contributed by atoms with Crippen LogP contribution in [0.3, 0.4) is 0 Å². The number of rotatable bonds is 1. The summed E-state index contributed by atoms with van der Waals surface area (Å²) >= 11 is 2.94. The number of nitrogens with two attached hydrogens (primary N) is 1. The lowest BCUT2D eigenvalue weighted by Crippen LogP contribution is -2.26. The Hall–Kier alpha value is -2.62. The van der Waals surface area contributed by atoms with Crippen molar-refractivity contribution in [2.45, 2.75) is 6.18 Å². The van der Waals surface area contributed by atoms with Gasteiger partial charge in [0.15, 0.2) is 0 Å². The molecule has 2 aromatic rings. The highest BCUT2D eigenvalue weighted by molar-refractivity contribution is 9.10. The molecule has 0 atom stereocenters. The van der Waals surface area contributed by atoms with Crippen molar-refractivity contribution in [3.05, 3.63) is 55.8 Å². The zero-order chi connectivity index (χ0) is 17.8. The zero-order valence-electron chi connectivity index (χ0n) is 11.6. The molecule has 2 heterocycles. The molecule has 0 spiro atoms. The Bertz CT molecular complexity index is 966. The summed E-state index contributed by atoms with van der Waals surface area (Å²) < 4.78 is 40.6. The maximum Gasteiger partial charge on any atom is 0.418 e. The lowest BCUT2D eigenvalue weighted by atomic mass is 10.1. The van der Waals surface area contributed by atoms with E-state index in [1.807, 2.05) is 5.32 Å². The second-order valence-corrected chi connectivity index (χ2v) is 5.85. The van der Waals surface area contributed by atoms with Crippen molar-refractivity contribution < 1.29 is 22.8 Å². The first-order chi connectivity index (χ1) is 11.1. The van der Waals surface area contributed by atoms with E-state index in [-0.39, 0.29) is 15.6 Å². The third-order valence-electron chi connectivity index (χ3n) is 3.46. The van der Waals surface area contributed by atoms with E-state index in [2.05, 4.69) is 15.9 Å². The molecule has 3 N–H and O–H groups in total. The van der Waals surface area contributed by atoms with Crippen LogP contribution in [-0.2, 0) is 6.18 Å². The minimum atomic E-state index is -4.76. The molecule has 1 aliphatic rings. The van der Waals surface area contributed by atoms with Crippen LogP contribution in [0.25, 0.3) is 5.69 Å². The van der Waals surface area contributed by atoms with Crippen molar-refractivity contribution >= 4 is 33.6 Å². The highest BCUT2D eigenvalue weighted by Gasteiger charge is 2.37. The first kappa shape index (κ1) is 16.2. The highest BCUT2D eigenvalue weighted by Crippen LogP contribution is 2.36. The van der Waals surface area contributed by atoms with E-state index in [1.165, 1.54) is 6.07 Å². The van der Waals surface area contributed by atoms with Crippen molar-refractivity contribution in [2.24, 2.45) is 0 Å². The predicted octanol–water partition coefficient (Wildman–Crippen LogP) is 2.08. The number of hydrogen-bond acceptors (Lipinski definition) is 4. The molecule has 1 aliphatic heterocycles. The normalized spacial score (nSPS) is 13.8. The molecule has 2 amide bonds. The van der Waals surface area contributed by atoms with Gasteiger partial charge in [-0.15, -0.1) is 0 Å². The second kappa shape index (κ2) is 5.20. The number of nitrogens with zero attached hydrogens (tertiary/aromatic N) is 1. The third kappa shape index (κ3) is 2.39. The number of carbonyl (C=O) groups excluding carboxylic acids is 2. The minimum absolute atomic E-state index is 0.152. The molecule has 1 aromatic carbocycles. The van der Waals surface area contributed by atoms with Gasteiger partial charge in [-0.05, 0) is 18.2 Å². The number of nitrogens with one attached hydrogen (secondary N) is 1. The molecule has 0 radical (unpaired) electrons. The number of hydrogen-bond donors (Lipinski definition) is 2. The summed E-state index contributed by atoms with van der Waals surface area (Å²) in [6.45, 7) is 0. The van der Waals surface area contributed by atoms with Crippen molar-refractivity contribution in [1.29, 1.82) is 0 Å². The topological polar surface area (TPSA) is 94.2 Å². The SMILES string of the molecule is Nc1c2c(cc(=O)n1-c1ccc(Br)cc1C(F)(F)F)C(=O)NC2=O. The standard InChI is InChI=1S/C14H7BrF3N3O3/c15-5-1-2-8(7(3-5)14(16,17)18)21-9(22)4-6-10(11(21)19)13(24)20-12(6)23/h1-4H,19H2,(H,20,23,24). The Kier molecular flexibility index (Phi) is 3.52. The van der Waals surface area contributed by atoms with Crippen molar-refractivity contribution in [2.75, 3.05) is 5.73 Å². The monoisotopic (exact) mass is 401 g/mol. The Morgan fingerprint density at radius 2 is 1.75 bits per heavy atom. The van der Waals surface area contributed by atoms with Gasteiger partial charge in [0.05, 0.1) is 22.4 Å². The molecule has 6 nitrogen and oxygen atoms in total. The number of aromatic nitrogens is 1. The van der Waals surface area contributed by atoms with Crippen LogP contribution in [0.5, 0.6) is 0 Å². The summed E-state index contributed by atoms with van der Waals surface area (Å²) in [5.41, 5.74) is 2.55. The second-order valence-electron chi connectivity index (χ2n) is 4.93. The van der Waals surface area contributed by atoms with Gasteiger partial charge in [-0.1, -0.05) is 15.9 Å². The lowest BCUT2D eigenvalue weighted by molar-refractivity contribution is -0.137. The molecule has 1 aromatic heterocycles. The van der Waals surface area contributed by atoms with E-state index in [1.54, 1.807) is 0 Å². The molecule has 0 saturated carbocycles. The molecule has 0 fully saturated rings. The average molecular weight is 402 g/mol. The summed E-state index contributed by atoms with van der Waals surface area (Å²) in [6, 6.07) is 3.93. The van der Waals surface area contributed by atoms with Crippen molar-refractivity contribution in [3.63, 3.8) is 0 Å². The van der Waals surface area contributed by atoms with Gasteiger partial charge in [0, 0.05) is 10.5 Å². The van der Waals surface area contributed by atoms with Gasteiger partial charge in [0.1, 0.15) is 5.82 Å². The van der Waals surface area contributed by atoms with E-state index in [4.69, 9.17) is 5.73 Å². The van der Waals surface area contributed by atoms with E-state index in [0.29, 0.717) is 4.57 Å².